The number of amides is 1. The molecule has 0 radical (unpaired) electrons. The van der Waals surface area contributed by atoms with Crippen LogP contribution in [0.3, 0.4) is 0 Å². The van der Waals surface area contributed by atoms with Gasteiger partial charge in [-0.25, -0.2) is 9.48 Å². The van der Waals surface area contributed by atoms with Crippen molar-refractivity contribution in [2.45, 2.75) is 38.7 Å². The first kappa shape index (κ1) is 20.7. The molecular formula is C20H20F3N3O3. The number of rotatable bonds is 3. The summed E-state index contributed by atoms with van der Waals surface area (Å²) in [7, 11) is 0. The molecule has 29 heavy (non-hydrogen) atoms. The molecule has 1 atom stereocenters. The number of carbonyl (C=O) groups excluding carboxylic acids is 1. The number of carbonyl (C=O) groups is 1. The van der Waals surface area contributed by atoms with Crippen LogP contribution >= 0.6 is 0 Å². The minimum absolute atomic E-state index is 0.181. The molecule has 0 bridgehead atoms. The molecule has 9 heteroatoms. The van der Waals surface area contributed by atoms with Gasteiger partial charge in [0.05, 0.1) is 11.2 Å². The van der Waals surface area contributed by atoms with Crippen LogP contribution in [0.5, 0.6) is 0 Å². The predicted octanol–water partition coefficient (Wildman–Crippen LogP) is 4.97. The molecule has 0 fully saturated rings. The van der Waals surface area contributed by atoms with Crippen molar-refractivity contribution in [3.05, 3.63) is 54.1 Å². The van der Waals surface area contributed by atoms with E-state index in [9.17, 15) is 23.1 Å². The molecule has 0 aliphatic heterocycles. The number of halogens is 3. The Morgan fingerprint density at radius 1 is 1.14 bits per heavy atom. The van der Waals surface area contributed by atoms with E-state index in [4.69, 9.17) is 4.74 Å². The van der Waals surface area contributed by atoms with Crippen molar-refractivity contribution < 1.29 is 27.8 Å². The fourth-order valence-electron chi connectivity index (χ4n) is 2.74. The molecule has 154 valence electrons. The molecule has 6 nitrogen and oxygen atoms in total. The van der Waals surface area contributed by atoms with Crippen molar-refractivity contribution in [2.75, 3.05) is 5.32 Å². The summed E-state index contributed by atoms with van der Waals surface area (Å²) in [6.45, 7) is 5.14. The summed E-state index contributed by atoms with van der Waals surface area (Å²) in [6, 6.07) is 12.5. The highest BCUT2D eigenvalue weighted by atomic mass is 19.4. The van der Waals surface area contributed by atoms with Crippen LogP contribution in [-0.2, 0) is 4.74 Å². The molecule has 0 aliphatic rings. The molecule has 0 saturated heterocycles. The molecule has 1 heterocycles. The molecule has 2 N–H and O–H groups in total. The molecule has 1 amide bonds. The third-order valence-corrected chi connectivity index (χ3v) is 3.94. The molecule has 1 unspecified atom stereocenters. The van der Waals surface area contributed by atoms with E-state index in [1.165, 1.54) is 10.7 Å². The molecular weight excluding hydrogens is 387 g/mol. The predicted molar refractivity (Wildman–Crippen MR) is 102 cm³/mol. The fourth-order valence-corrected chi connectivity index (χ4v) is 2.74. The number of aromatic nitrogens is 2. The summed E-state index contributed by atoms with van der Waals surface area (Å²) < 4.78 is 45.3. The highest BCUT2D eigenvalue weighted by Crippen LogP contribution is 2.35. The molecule has 0 saturated carbocycles. The summed E-state index contributed by atoms with van der Waals surface area (Å²) in [5, 5.41) is 16.9. The summed E-state index contributed by atoms with van der Waals surface area (Å²) in [5.74, 6) is 0.244. The number of para-hydroxylation sites is 1. The third-order valence-electron chi connectivity index (χ3n) is 3.94. The van der Waals surface area contributed by atoms with E-state index in [-0.39, 0.29) is 16.9 Å². The number of aliphatic hydroxyl groups excluding tert-OH is 1. The third kappa shape index (κ3) is 4.68. The number of benzene rings is 2. The number of hydrogen-bond acceptors (Lipinski definition) is 4. The van der Waals surface area contributed by atoms with E-state index in [0.29, 0.717) is 11.1 Å². The first-order valence-corrected chi connectivity index (χ1v) is 8.78. The maximum atomic E-state index is 12.9. The van der Waals surface area contributed by atoms with Gasteiger partial charge in [-0.2, -0.15) is 18.3 Å². The topological polar surface area (TPSA) is 76.4 Å². The van der Waals surface area contributed by atoms with Gasteiger partial charge < -0.3 is 9.84 Å². The second-order valence-corrected chi connectivity index (χ2v) is 7.44. The highest BCUT2D eigenvalue weighted by Gasteiger charge is 2.39. The lowest BCUT2D eigenvalue weighted by Crippen LogP contribution is -2.28. The van der Waals surface area contributed by atoms with Crippen LogP contribution in [-0.4, -0.2) is 32.8 Å². The van der Waals surface area contributed by atoms with Crippen LogP contribution in [0.25, 0.3) is 16.6 Å². The lowest BCUT2D eigenvalue weighted by Gasteiger charge is -2.20. The van der Waals surface area contributed by atoms with E-state index < -0.39 is 24.0 Å². The van der Waals surface area contributed by atoms with Gasteiger partial charge >= 0.3 is 12.3 Å². The average molecular weight is 407 g/mol. The van der Waals surface area contributed by atoms with Gasteiger partial charge in [0.1, 0.15) is 11.4 Å². The zero-order valence-corrected chi connectivity index (χ0v) is 16.0. The number of ether oxygens (including phenoxy) is 1. The lowest BCUT2D eigenvalue weighted by molar-refractivity contribution is -0.206. The van der Waals surface area contributed by atoms with Crippen LogP contribution < -0.4 is 5.32 Å². The van der Waals surface area contributed by atoms with Gasteiger partial charge in [-0.3, -0.25) is 5.32 Å². The number of anilines is 1. The maximum Gasteiger partial charge on any atom is 0.418 e. The Kier molecular flexibility index (Phi) is 5.27. The molecule has 0 spiro atoms. The molecule has 3 aromatic rings. The van der Waals surface area contributed by atoms with Crippen molar-refractivity contribution in [2.24, 2.45) is 0 Å². The van der Waals surface area contributed by atoms with E-state index in [1.807, 2.05) is 0 Å². The first-order valence-electron chi connectivity index (χ1n) is 8.78. The summed E-state index contributed by atoms with van der Waals surface area (Å²) in [6.07, 6.45) is -8.15. The molecule has 2 aromatic carbocycles. The van der Waals surface area contributed by atoms with Gasteiger partial charge in [-0.15, -0.1) is 0 Å². The Morgan fingerprint density at radius 3 is 2.38 bits per heavy atom. The quantitative estimate of drug-likeness (QED) is 0.643. The second-order valence-electron chi connectivity index (χ2n) is 7.44. The van der Waals surface area contributed by atoms with Gasteiger partial charge in [0.2, 0.25) is 0 Å². The number of alkyl halides is 3. The van der Waals surface area contributed by atoms with Crippen molar-refractivity contribution in [1.82, 2.24) is 9.78 Å². The van der Waals surface area contributed by atoms with E-state index in [2.05, 4.69) is 10.4 Å². The Bertz CT molecular complexity index is 1020. The zero-order chi connectivity index (χ0) is 21.4. The monoisotopic (exact) mass is 407 g/mol. The van der Waals surface area contributed by atoms with Crippen molar-refractivity contribution in [3.63, 3.8) is 0 Å². The first-order chi connectivity index (χ1) is 13.5. The van der Waals surface area contributed by atoms with E-state index in [1.54, 1.807) is 51.1 Å². The number of nitrogens with one attached hydrogen (secondary N) is 1. The van der Waals surface area contributed by atoms with Gasteiger partial charge in [-0.05, 0) is 50.6 Å². The lowest BCUT2D eigenvalue weighted by atomic mass is 10.1. The SMILES string of the molecule is CC(C)(C)OC(=O)Nc1c2ccc(C(O)C(F)(F)F)cc2nn1-c1ccccc1. The van der Waals surface area contributed by atoms with Gasteiger partial charge in [0, 0.05) is 5.39 Å². The molecule has 3 rings (SSSR count). The minimum Gasteiger partial charge on any atom is -0.444 e. The number of fused-ring (bicyclic) bond motifs is 1. The second kappa shape index (κ2) is 7.40. The minimum atomic E-state index is -4.80. The van der Waals surface area contributed by atoms with Crippen LogP contribution in [0, 0.1) is 0 Å². The normalized spacial score (nSPS) is 13.3. The Morgan fingerprint density at radius 2 is 1.79 bits per heavy atom. The van der Waals surface area contributed by atoms with E-state index >= 15 is 0 Å². The fraction of sp³-hybridized carbons (Fsp3) is 0.300. The Labute approximate surface area is 164 Å². The van der Waals surface area contributed by atoms with Crippen molar-refractivity contribution >= 4 is 22.8 Å². The van der Waals surface area contributed by atoms with Crippen LogP contribution in [0.15, 0.2) is 48.5 Å². The summed E-state index contributed by atoms with van der Waals surface area (Å²) >= 11 is 0. The number of nitrogens with zero attached hydrogens (tertiary/aromatic N) is 2. The Balaban J connectivity index is 2.10. The Hall–Kier alpha value is -3.07. The van der Waals surface area contributed by atoms with Gasteiger partial charge in [0.15, 0.2) is 6.10 Å². The summed E-state index contributed by atoms with van der Waals surface area (Å²) in [5.41, 5.74) is -0.304. The summed E-state index contributed by atoms with van der Waals surface area (Å²) in [4.78, 5) is 12.3. The zero-order valence-electron chi connectivity index (χ0n) is 16.0. The smallest absolute Gasteiger partial charge is 0.418 e. The van der Waals surface area contributed by atoms with Crippen LogP contribution in [0.4, 0.5) is 23.8 Å². The van der Waals surface area contributed by atoms with Crippen LogP contribution in [0.1, 0.15) is 32.4 Å². The maximum absolute atomic E-state index is 12.9. The highest BCUT2D eigenvalue weighted by molar-refractivity contribution is 5.98. The molecule has 0 aliphatic carbocycles. The average Bonchev–Trinajstić information content (AvgIpc) is 2.97. The van der Waals surface area contributed by atoms with E-state index in [0.717, 1.165) is 12.1 Å². The van der Waals surface area contributed by atoms with Crippen molar-refractivity contribution in [3.8, 4) is 5.69 Å². The van der Waals surface area contributed by atoms with Gasteiger partial charge in [0.25, 0.3) is 0 Å². The van der Waals surface area contributed by atoms with Crippen LogP contribution in [0.2, 0.25) is 0 Å². The molecule has 1 aromatic heterocycles. The number of hydrogen-bond donors (Lipinski definition) is 2. The van der Waals surface area contributed by atoms with Gasteiger partial charge in [-0.1, -0.05) is 24.3 Å². The standard InChI is InChI=1S/C20H20F3N3O3/c1-19(2,3)29-18(28)24-17-14-10-9-12(16(27)20(21,22)23)11-15(14)25-26(17)13-7-5-4-6-8-13/h4-11,16,27H,1-3H3,(H,24,28). The number of aliphatic hydroxyl groups is 1. The van der Waals surface area contributed by atoms with Crippen molar-refractivity contribution in [1.29, 1.82) is 0 Å². The largest absolute Gasteiger partial charge is 0.444 e.